The van der Waals surface area contributed by atoms with E-state index in [0.717, 1.165) is 29.7 Å². The molecule has 0 aromatic heterocycles. The van der Waals surface area contributed by atoms with Crippen LogP contribution in [-0.4, -0.2) is 19.5 Å². The number of unbranched alkanes of at least 4 members (excludes halogenated alkanes) is 1. The number of hydrogen-bond donors (Lipinski definition) is 0. The van der Waals surface area contributed by atoms with Gasteiger partial charge >= 0.3 is 0 Å². The number of ether oxygens (including phenoxy) is 3. The lowest BCUT2D eigenvalue weighted by atomic mass is 9.89. The van der Waals surface area contributed by atoms with Gasteiger partial charge in [-0.3, -0.25) is 0 Å². The molecule has 1 aliphatic rings. The van der Waals surface area contributed by atoms with Gasteiger partial charge in [0.1, 0.15) is 35.5 Å². The quantitative estimate of drug-likeness (QED) is 0.230. The van der Waals surface area contributed by atoms with Gasteiger partial charge < -0.3 is 19.0 Å². The standard InChI is InChI=1S/C31H35FO4/c1-4-5-15-35-31-17-22(9-13-27(31)29-19-25(34-3)12-14-30(29)32)20-36-26-8-6-7-24(18-26)28(16-21(2)33)23-10-11-23/h6-9,12-14,17-19,23,28H,4-5,10-11,15-16,20H2,1-3H3/t28-/m0/s1. The lowest BCUT2D eigenvalue weighted by Crippen LogP contribution is -2.07. The fourth-order valence-electron chi connectivity index (χ4n) is 4.53. The molecule has 1 fully saturated rings. The Labute approximate surface area is 213 Å². The van der Waals surface area contributed by atoms with Gasteiger partial charge in [-0.05, 0) is 85.5 Å². The third-order valence-corrected chi connectivity index (χ3v) is 6.66. The Hall–Kier alpha value is -3.34. The first-order valence-corrected chi connectivity index (χ1v) is 12.8. The minimum absolute atomic E-state index is 0.224. The molecule has 0 spiro atoms. The first-order chi connectivity index (χ1) is 17.5. The molecule has 4 nitrogen and oxygen atoms in total. The summed E-state index contributed by atoms with van der Waals surface area (Å²) in [6, 6.07) is 18.5. The van der Waals surface area contributed by atoms with Crippen molar-refractivity contribution < 1.29 is 23.4 Å². The molecule has 3 aromatic carbocycles. The van der Waals surface area contributed by atoms with Gasteiger partial charge in [0.15, 0.2) is 0 Å². The smallest absolute Gasteiger partial charge is 0.131 e. The van der Waals surface area contributed by atoms with E-state index in [-0.39, 0.29) is 17.5 Å². The van der Waals surface area contributed by atoms with Crippen LogP contribution in [0.5, 0.6) is 17.2 Å². The molecule has 0 unspecified atom stereocenters. The maximum Gasteiger partial charge on any atom is 0.131 e. The highest BCUT2D eigenvalue weighted by atomic mass is 19.1. The van der Waals surface area contributed by atoms with Gasteiger partial charge in [0.05, 0.1) is 13.7 Å². The van der Waals surface area contributed by atoms with E-state index in [1.807, 2.05) is 30.3 Å². The molecule has 190 valence electrons. The number of halogens is 1. The molecule has 36 heavy (non-hydrogen) atoms. The average molecular weight is 491 g/mol. The van der Waals surface area contributed by atoms with Crippen LogP contribution in [0.2, 0.25) is 0 Å². The second-order valence-electron chi connectivity index (χ2n) is 9.59. The van der Waals surface area contributed by atoms with Crippen LogP contribution in [0.1, 0.15) is 63.0 Å². The predicted molar refractivity (Wildman–Crippen MR) is 140 cm³/mol. The van der Waals surface area contributed by atoms with Crippen molar-refractivity contribution in [1.82, 2.24) is 0 Å². The van der Waals surface area contributed by atoms with Crippen molar-refractivity contribution in [3.05, 3.63) is 77.6 Å². The van der Waals surface area contributed by atoms with Crippen LogP contribution in [0.25, 0.3) is 11.1 Å². The Morgan fingerprint density at radius 2 is 1.83 bits per heavy atom. The van der Waals surface area contributed by atoms with Gasteiger partial charge in [0.25, 0.3) is 0 Å². The van der Waals surface area contributed by atoms with Crippen molar-refractivity contribution in [1.29, 1.82) is 0 Å². The summed E-state index contributed by atoms with van der Waals surface area (Å²) in [5, 5.41) is 0. The van der Waals surface area contributed by atoms with Gasteiger partial charge in [-0.2, -0.15) is 0 Å². The summed E-state index contributed by atoms with van der Waals surface area (Å²) < 4.78 is 32.2. The van der Waals surface area contributed by atoms with Crippen molar-refractivity contribution >= 4 is 5.78 Å². The Bertz CT molecular complexity index is 1180. The predicted octanol–water partition coefficient (Wildman–Crippen LogP) is 7.73. The first kappa shape index (κ1) is 25.7. The Balaban J connectivity index is 1.54. The molecule has 5 heteroatoms. The molecule has 0 amide bonds. The molecule has 1 atom stereocenters. The van der Waals surface area contributed by atoms with Crippen LogP contribution < -0.4 is 14.2 Å². The third-order valence-electron chi connectivity index (χ3n) is 6.66. The van der Waals surface area contributed by atoms with E-state index in [2.05, 4.69) is 19.1 Å². The highest BCUT2D eigenvalue weighted by Gasteiger charge is 2.33. The summed E-state index contributed by atoms with van der Waals surface area (Å²) in [6.07, 6.45) is 4.87. The summed E-state index contributed by atoms with van der Waals surface area (Å²) in [7, 11) is 1.57. The van der Waals surface area contributed by atoms with Crippen LogP contribution in [-0.2, 0) is 11.4 Å². The van der Waals surface area contributed by atoms with Gasteiger partial charge in [-0.25, -0.2) is 4.39 Å². The third kappa shape index (κ3) is 6.66. The minimum atomic E-state index is -0.326. The lowest BCUT2D eigenvalue weighted by Gasteiger charge is -2.17. The molecule has 1 saturated carbocycles. The molecule has 0 heterocycles. The fraction of sp³-hybridized carbons (Fsp3) is 0.387. The van der Waals surface area contributed by atoms with Crippen molar-refractivity contribution in [3.8, 4) is 28.4 Å². The number of rotatable bonds is 13. The Morgan fingerprint density at radius 1 is 1.00 bits per heavy atom. The van der Waals surface area contributed by atoms with Gasteiger partial charge in [-0.1, -0.05) is 37.6 Å². The zero-order valence-corrected chi connectivity index (χ0v) is 21.4. The number of benzene rings is 3. The van der Waals surface area contributed by atoms with Crippen LogP contribution in [0.15, 0.2) is 60.7 Å². The number of Topliss-reactive ketones (excluding diaryl/α,β-unsaturated/α-hetero) is 1. The highest BCUT2D eigenvalue weighted by Crippen LogP contribution is 2.45. The second-order valence-corrected chi connectivity index (χ2v) is 9.59. The lowest BCUT2D eigenvalue weighted by molar-refractivity contribution is -0.117. The molecule has 4 rings (SSSR count). The van der Waals surface area contributed by atoms with Crippen LogP contribution in [0.4, 0.5) is 4.39 Å². The van der Waals surface area contributed by atoms with Crippen LogP contribution in [0, 0.1) is 11.7 Å². The number of ketones is 1. The molecule has 0 bridgehead atoms. The van der Waals surface area contributed by atoms with Gasteiger partial charge in [0.2, 0.25) is 0 Å². The van der Waals surface area contributed by atoms with Crippen molar-refractivity contribution in [3.63, 3.8) is 0 Å². The zero-order valence-electron chi connectivity index (χ0n) is 21.4. The maximum absolute atomic E-state index is 14.7. The molecule has 3 aromatic rings. The van der Waals surface area contributed by atoms with E-state index in [9.17, 15) is 9.18 Å². The van der Waals surface area contributed by atoms with E-state index in [1.54, 1.807) is 26.2 Å². The van der Waals surface area contributed by atoms with E-state index >= 15 is 0 Å². The normalized spacial score (nSPS) is 13.8. The average Bonchev–Trinajstić information content (AvgIpc) is 3.72. The van der Waals surface area contributed by atoms with Crippen LogP contribution >= 0.6 is 0 Å². The molecular weight excluding hydrogens is 455 g/mol. The maximum atomic E-state index is 14.7. The summed E-state index contributed by atoms with van der Waals surface area (Å²) >= 11 is 0. The van der Waals surface area contributed by atoms with E-state index in [4.69, 9.17) is 14.2 Å². The summed E-state index contributed by atoms with van der Waals surface area (Å²) in [6.45, 7) is 4.68. The monoisotopic (exact) mass is 490 g/mol. The van der Waals surface area contributed by atoms with Crippen molar-refractivity contribution in [2.24, 2.45) is 5.92 Å². The number of carbonyl (C=O) groups is 1. The molecule has 0 N–H and O–H groups in total. The number of hydrogen-bond acceptors (Lipinski definition) is 4. The fourth-order valence-corrected chi connectivity index (χ4v) is 4.53. The molecular formula is C31H35FO4. The molecule has 1 aliphatic carbocycles. The van der Waals surface area contributed by atoms with Crippen molar-refractivity contribution in [2.75, 3.05) is 13.7 Å². The topological polar surface area (TPSA) is 44.8 Å². The minimum Gasteiger partial charge on any atom is -0.497 e. The zero-order chi connectivity index (χ0) is 25.5. The molecule has 0 aliphatic heterocycles. The number of methoxy groups -OCH3 is 1. The van der Waals surface area contributed by atoms with Crippen LogP contribution in [0.3, 0.4) is 0 Å². The summed E-state index contributed by atoms with van der Waals surface area (Å²) in [5.74, 6) is 2.75. The largest absolute Gasteiger partial charge is 0.497 e. The van der Waals surface area contributed by atoms with E-state index < -0.39 is 0 Å². The number of carbonyl (C=O) groups excluding carboxylic acids is 1. The van der Waals surface area contributed by atoms with Gasteiger partial charge in [0, 0.05) is 17.5 Å². The Kier molecular flexibility index (Phi) is 8.63. The summed E-state index contributed by atoms with van der Waals surface area (Å²) in [4.78, 5) is 11.8. The Morgan fingerprint density at radius 3 is 2.56 bits per heavy atom. The molecule has 0 saturated heterocycles. The first-order valence-electron chi connectivity index (χ1n) is 12.8. The molecule has 0 radical (unpaired) electrons. The highest BCUT2D eigenvalue weighted by molar-refractivity contribution is 5.76. The summed E-state index contributed by atoms with van der Waals surface area (Å²) in [5.41, 5.74) is 3.22. The van der Waals surface area contributed by atoms with Gasteiger partial charge in [-0.15, -0.1) is 0 Å². The SMILES string of the molecule is CCCCOc1cc(COc2cccc([C@@H](CC(C)=O)C3CC3)c2)ccc1-c1cc(OC)ccc1F. The van der Waals surface area contributed by atoms with E-state index in [0.29, 0.717) is 48.2 Å². The van der Waals surface area contributed by atoms with Crippen molar-refractivity contribution in [2.45, 2.75) is 58.5 Å². The van der Waals surface area contributed by atoms with E-state index in [1.165, 1.54) is 18.9 Å². The second kappa shape index (κ2) is 12.1.